The highest BCUT2D eigenvalue weighted by molar-refractivity contribution is 5.97. The maximum atomic E-state index is 12.8. The van der Waals surface area contributed by atoms with E-state index in [1.165, 1.54) is 49.6 Å². The molecule has 26 heavy (non-hydrogen) atoms. The average Bonchev–Trinajstić information content (AvgIpc) is 2.62. The van der Waals surface area contributed by atoms with E-state index in [-0.39, 0.29) is 30.0 Å². The molecule has 9 heteroatoms. The van der Waals surface area contributed by atoms with Crippen molar-refractivity contribution in [1.29, 1.82) is 0 Å². The summed E-state index contributed by atoms with van der Waals surface area (Å²) in [5.74, 6) is -1.13. The molecule has 2 rings (SSSR count). The molecule has 0 aliphatic rings. The topological polar surface area (TPSA) is 111 Å². The third kappa shape index (κ3) is 5.26. The molecule has 0 aliphatic carbocycles. The molecule has 2 aromatic rings. The molecule has 0 saturated heterocycles. The number of ether oxygens (including phenoxy) is 1. The number of rotatable bonds is 7. The number of nitro groups is 1. The summed E-state index contributed by atoms with van der Waals surface area (Å²) in [5.41, 5.74) is 0.523. The highest BCUT2D eigenvalue weighted by Gasteiger charge is 2.14. The summed E-state index contributed by atoms with van der Waals surface area (Å²) in [6.07, 6.45) is -0.189. The third-order valence-corrected chi connectivity index (χ3v) is 3.38. The van der Waals surface area contributed by atoms with Gasteiger partial charge in [0.25, 0.3) is 5.69 Å². The molecule has 0 aromatic heterocycles. The first-order chi connectivity index (χ1) is 12.4. The van der Waals surface area contributed by atoms with Gasteiger partial charge in [0.05, 0.1) is 23.8 Å². The molecular formula is C17H16FN3O5. The molecule has 2 N–H and O–H groups in total. The fraction of sp³-hybridized carbons (Fsp3) is 0.176. The zero-order valence-electron chi connectivity index (χ0n) is 13.8. The summed E-state index contributed by atoms with van der Waals surface area (Å²) in [5, 5.41) is 15.8. The van der Waals surface area contributed by atoms with Gasteiger partial charge in [-0.1, -0.05) is 0 Å². The van der Waals surface area contributed by atoms with Crippen LogP contribution in [0.3, 0.4) is 0 Å². The Bertz CT molecular complexity index is 824. The van der Waals surface area contributed by atoms with Crippen LogP contribution in [-0.4, -0.2) is 23.8 Å². The SMILES string of the molecule is COc1cc([N+](=O)[O-])ccc1NC(=O)CCC(=O)Nc1ccc(F)cc1. The Balaban J connectivity index is 1.89. The second-order valence-corrected chi connectivity index (χ2v) is 5.24. The first kappa shape index (κ1) is 18.8. The summed E-state index contributed by atoms with van der Waals surface area (Å²) >= 11 is 0. The maximum absolute atomic E-state index is 12.8. The summed E-state index contributed by atoms with van der Waals surface area (Å²) in [7, 11) is 1.32. The average molecular weight is 361 g/mol. The molecule has 136 valence electrons. The molecule has 0 spiro atoms. The predicted octanol–water partition coefficient (Wildman–Crippen LogP) is 3.10. The molecular weight excluding hydrogens is 345 g/mol. The van der Waals surface area contributed by atoms with Crippen LogP contribution in [-0.2, 0) is 9.59 Å². The highest BCUT2D eigenvalue weighted by atomic mass is 19.1. The molecule has 8 nitrogen and oxygen atoms in total. The number of nitrogens with one attached hydrogen (secondary N) is 2. The number of hydrogen-bond donors (Lipinski definition) is 2. The van der Waals surface area contributed by atoms with E-state index in [9.17, 15) is 24.1 Å². The van der Waals surface area contributed by atoms with Gasteiger partial charge >= 0.3 is 0 Å². The van der Waals surface area contributed by atoms with E-state index in [0.29, 0.717) is 5.69 Å². The molecule has 0 saturated carbocycles. The molecule has 0 heterocycles. The van der Waals surface area contributed by atoms with E-state index in [2.05, 4.69) is 10.6 Å². The van der Waals surface area contributed by atoms with Crippen LogP contribution in [0.4, 0.5) is 21.5 Å². The summed E-state index contributed by atoms with van der Waals surface area (Å²) in [4.78, 5) is 34.0. The Morgan fingerprint density at radius 3 is 2.27 bits per heavy atom. The molecule has 0 unspecified atom stereocenters. The fourth-order valence-electron chi connectivity index (χ4n) is 2.09. The Labute approximate surface area is 148 Å². The van der Waals surface area contributed by atoms with Gasteiger partial charge in [0, 0.05) is 24.6 Å². The first-order valence-corrected chi connectivity index (χ1v) is 7.56. The number of methoxy groups -OCH3 is 1. The summed E-state index contributed by atoms with van der Waals surface area (Å²) < 4.78 is 17.8. The second kappa shape index (κ2) is 8.56. The van der Waals surface area contributed by atoms with E-state index < -0.39 is 22.6 Å². The van der Waals surface area contributed by atoms with Gasteiger partial charge in [-0.25, -0.2) is 4.39 Å². The van der Waals surface area contributed by atoms with Crippen molar-refractivity contribution >= 4 is 28.9 Å². The van der Waals surface area contributed by atoms with Gasteiger partial charge in [0.1, 0.15) is 11.6 Å². The van der Waals surface area contributed by atoms with E-state index in [1.54, 1.807) is 0 Å². The number of nitrogens with zero attached hydrogens (tertiary/aromatic N) is 1. The molecule has 2 aromatic carbocycles. The molecule has 0 atom stereocenters. The molecule has 2 amide bonds. The van der Waals surface area contributed by atoms with Crippen molar-refractivity contribution in [2.24, 2.45) is 0 Å². The van der Waals surface area contributed by atoms with Crippen LogP contribution in [0.25, 0.3) is 0 Å². The highest BCUT2D eigenvalue weighted by Crippen LogP contribution is 2.29. The number of carbonyl (C=O) groups excluding carboxylic acids is 2. The van der Waals surface area contributed by atoms with E-state index in [1.807, 2.05) is 0 Å². The lowest BCUT2D eigenvalue weighted by Crippen LogP contribution is -2.17. The van der Waals surface area contributed by atoms with Crippen molar-refractivity contribution in [2.45, 2.75) is 12.8 Å². The normalized spacial score (nSPS) is 10.1. The third-order valence-electron chi connectivity index (χ3n) is 3.38. The van der Waals surface area contributed by atoms with E-state index >= 15 is 0 Å². The van der Waals surface area contributed by atoms with Crippen LogP contribution in [0.1, 0.15) is 12.8 Å². The van der Waals surface area contributed by atoms with E-state index in [4.69, 9.17) is 4.74 Å². The van der Waals surface area contributed by atoms with Crippen molar-refractivity contribution in [1.82, 2.24) is 0 Å². The quantitative estimate of drug-likeness (QED) is 0.581. The zero-order valence-corrected chi connectivity index (χ0v) is 13.8. The van der Waals surface area contributed by atoms with Crippen molar-refractivity contribution in [3.63, 3.8) is 0 Å². The Morgan fingerprint density at radius 2 is 1.69 bits per heavy atom. The number of hydrogen-bond acceptors (Lipinski definition) is 5. The van der Waals surface area contributed by atoms with Crippen LogP contribution in [0, 0.1) is 15.9 Å². The monoisotopic (exact) mass is 361 g/mol. The van der Waals surface area contributed by atoms with Gasteiger partial charge in [-0.15, -0.1) is 0 Å². The molecule has 0 fully saturated rings. The van der Waals surface area contributed by atoms with Crippen molar-refractivity contribution in [3.8, 4) is 5.75 Å². The Hall–Kier alpha value is -3.49. The van der Waals surface area contributed by atoms with Crippen molar-refractivity contribution < 1.29 is 23.6 Å². The number of halogens is 1. The fourth-order valence-corrected chi connectivity index (χ4v) is 2.09. The number of anilines is 2. The lowest BCUT2D eigenvalue weighted by molar-refractivity contribution is -0.384. The minimum atomic E-state index is -0.575. The minimum Gasteiger partial charge on any atom is -0.494 e. The standard InChI is InChI=1S/C17H16FN3O5/c1-26-15-10-13(21(24)25)6-7-14(15)20-17(23)9-8-16(22)19-12-4-2-11(18)3-5-12/h2-7,10H,8-9H2,1H3,(H,19,22)(H,20,23). The molecule has 0 bridgehead atoms. The van der Waals surface area contributed by atoms with Gasteiger partial charge in [0.2, 0.25) is 11.8 Å². The molecule has 0 radical (unpaired) electrons. The van der Waals surface area contributed by atoms with Crippen LogP contribution < -0.4 is 15.4 Å². The lowest BCUT2D eigenvalue weighted by Gasteiger charge is -2.10. The Kier molecular flexibility index (Phi) is 6.20. The van der Waals surface area contributed by atoms with Gasteiger partial charge < -0.3 is 15.4 Å². The van der Waals surface area contributed by atoms with E-state index in [0.717, 1.165) is 0 Å². The van der Waals surface area contributed by atoms with Gasteiger partial charge in [-0.3, -0.25) is 19.7 Å². The minimum absolute atomic E-state index is 0.0848. The van der Waals surface area contributed by atoms with Crippen molar-refractivity contribution in [3.05, 3.63) is 58.4 Å². The van der Waals surface area contributed by atoms with Crippen molar-refractivity contribution in [2.75, 3.05) is 17.7 Å². The summed E-state index contributed by atoms with van der Waals surface area (Å²) in [6, 6.07) is 9.03. The molecule has 0 aliphatic heterocycles. The van der Waals surface area contributed by atoms with Crippen LogP contribution in [0.15, 0.2) is 42.5 Å². The Morgan fingerprint density at radius 1 is 1.08 bits per heavy atom. The largest absolute Gasteiger partial charge is 0.494 e. The number of amides is 2. The van der Waals surface area contributed by atoms with Crippen LogP contribution in [0.2, 0.25) is 0 Å². The summed E-state index contributed by atoms with van der Waals surface area (Å²) in [6.45, 7) is 0. The lowest BCUT2D eigenvalue weighted by atomic mass is 10.2. The number of carbonyl (C=O) groups is 2. The zero-order chi connectivity index (χ0) is 19.1. The number of nitro benzene ring substituents is 1. The van der Waals surface area contributed by atoms with Crippen LogP contribution >= 0.6 is 0 Å². The maximum Gasteiger partial charge on any atom is 0.273 e. The predicted molar refractivity (Wildman–Crippen MR) is 92.5 cm³/mol. The van der Waals surface area contributed by atoms with Gasteiger partial charge in [-0.2, -0.15) is 0 Å². The van der Waals surface area contributed by atoms with Gasteiger partial charge in [-0.05, 0) is 30.3 Å². The number of benzene rings is 2. The number of non-ortho nitro benzene ring substituents is 1. The van der Waals surface area contributed by atoms with Crippen LogP contribution in [0.5, 0.6) is 5.75 Å². The smallest absolute Gasteiger partial charge is 0.273 e. The second-order valence-electron chi connectivity index (χ2n) is 5.24. The van der Waals surface area contributed by atoms with Gasteiger partial charge in [0.15, 0.2) is 0 Å². The first-order valence-electron chi connectivity index (χ1n) is 7.56.